The molecule has 1 saturated heterocycles. The van der Waals surface area contributed by atoms with Crippen LogP contribution in [0.1, 0.15) is 23.3 Å². The smallest absolute Gasteiger partial charge is 0.393 e. The number of halogens is 3. The van der Waals surface area contributed by atoms with Crippen LogP contribution in [-0.2, 0) is 11.4 Å². The van der Waals surface area contributed by atoms with Gasteiger partial charge < -0.3 is 4.74 Å². The SMILES string of the molecule is COC(=O)c1cn(CN2CCCC(C(F)(F)F)C2)nn1. The second kappa shape index (κ2) is 5.78. The molecule has 0 radical (unpaired) electrons. The largest absolute Gasteiger partial charge is 0.464 e. The Bertz CT molecular complexity index is 474. The van der Waals surface area contributed by atoms with Crippen LogP contribution in [0.2, 0.25) is 0 Å². The molecule has 0 aromatic carbocycles. The summed E-state index contributed by atoms with van der Waals surface area (Å²) in [7, 11) is 1.22. The maximum Gasteiger partial charge on any atom is 0.393 e. The summed E-state index contributed by atoms with van der Waals surface area (Å²) in [5.41, 5.74) is 0.0388. The van der Waals surface area contributed by atoms with Crippen molar-refractivity contribution in [1.29, 1.82) is 0 Å². The first-order valence-corrected chi connectivity index (χ1v) is 6.17. The molecule has 20 heavy (non-hydrogen) atoms. The van der Waals surface area contributed by atoms with E-state index in [1.165, 1.54) is 18.0 Å². The predicted molar refractivity (Wildman–Crippen MR) is 61.7 cm³/mol. The normalized spacial score (nSPS) is 20.9. The van der Waals surface area contributed by atoms with Crippen molar-refractivity contribution in [2.24, 2.45) is 5.92 Å². The van der Waals surface area contributed by atoms with Crippen molar-refractivity contribution in [1.82, 2.24) is 19.9 Å². The number of piperidine rings is 1. The molecule has 112 valence electrons. The summed E-state index contributed by atoms with van der Waals surface area (Å²) in [6.45, 7) is 0.688. The Morgan fingerprint density at radius 1 is 1.55 bits per heavy atom. The first kappa shape index (κ1) is 14.8. The topological polar surface area (TPSA) is 60.2 Å². The number of methoxy groups -OCH3 is 1. The van der Waals surface area contributed by atoms with Crippen LogP contribution in [0.15, 0.2) is 6.20 Å². The van der Waals surface area contributed by atoms with Crippen LogP contribution in [-0.4, -0.2) is 52.2 Å². The highest BCUT2D eigenvalue weighted by Crippen LogP contribution is 2.33. The molecular formula is C11H15F3N4O2. The Kier molecular flexibility index (Phi) is 4.26. The molecule has 1 aromatic rings. The Hall–Kier alpha value is -1.64. The van der Waals surface area contributed by atoms with Gasteiger partial charge in [-0.25, -0.2) is 9.48 Å². The van der Waals surface area contributed by atoms with Gasteiger partial charge in [0, 0.05) is 6.54 Å². The van der Waals surface area contributed by atoms with Crippen LogP contribution in [0.3, 0.4) is 0 Å². The molecule has 0 spiro atoms. The standard InChI is InChI=1S/C11H15F3N4O2/c1-20-10(19)9-6-18(16-15-9)7-17-4-2-3-8(5-17)11(12,13)14/h6,8H,2-5,7H2,1H3. The minimum Gasteiger partial charge on any atom is -0.464 e. The van der Waals surface area contributed by atoms with Crippen molar-refractivity contribution in [3.05, 3.63) is 11.9 Å². The van der Waals surface area contributed by atoms with Gasteiger partial charge >= 0.3 is 12.1 Å². The van der Waals surface area contributed by atoms with Gasteiger partial charge in [0.2, 0.25) is 0 Å². The van der Waals surface area contributed by atoms with E-state index in [9.17, 15) is 18.0 Å². The van der Waals surface area contributed by atoms with Gasteiger partial charge in [-0.05, 0) is 19.4 Å². The lowest BCUT2D eigenvalue weighted by atomic mass is 9.98. The molecule has 9 heteroatoms. The summed E-state index contributed by atoms with van der Waals surface area (Å²) >= 11 is 0. The maximum atomic E-state index is 12.7. The number of carbonyl (C=O) groups is 1. The van der Waals surface area contributed by atoms with E-state index in [0.29, 0.717) is 13.0 Å². The number of ether oxygens (including phenoxy) is 1. The van der Waals surface area contributed by atoms with E-state index < -0.39 is 18.1 Å². The number of likely N-dealkylation sites (tertiary alicyclic amines) is 1. The fraction of sp³-hybridized carbons (Fsp3) is 0.727. The highest BCUT2D eigenvalue weighted by atomic mass is 19.4. The molecule has 0 aliphatic carbocycles. The van der Waals surface area contributed by atoms with E-state index in [1.54, 1.807) is 4.90 Å². The Morgan fingerprint density at radius 3 is 2.95 bits per heavy atom. The van der Waals surface area contributed by atoms with Crippen molar-refractivity contribution < 1.29 is 22.7 Å². The minimum atomic E-state index is -4.17. The number of carbonyl (C=O) groups excluding carboxylic acids is 1. The van der Waals surface area contributed by atoms with Crippen molar-refractivity contribution in [2.75, 3.05) is 20.2 Å². The van der Waals surface area contributed by atoms with Crippen LogP contribution in [0.4, 0.5) is 13.2 Å². The zero-order valence-corrected chi connectivity index (χ0v) is 10.9. The molecule has 2 heterocycles. The van der Waals surface area contributed by atoms with Crippen molar-refractivity contribution in [2.45, 2.75) is 25.7 Å². The first-order chi connectivity index (χ1) is 9.40. The summed E-state index contributed by atoms with van der Waals surface area (Å²) in [4.78, 5) is 12.9. The quantitative estimate of drug-likeness (QED) is 0.786. The van der Waals surface area contributed by atoms with Gasteiger partial charge in [-0.1, -0.05) is 5.21 Å². The maximum absolute atomic E-state index is 12.7. The van der Waals surface area contributed by atoms with E-state index in [1.807, 2.05) is 0 Å². The van der Waals surface area contributed by atoms with E-state index in [-0.39, 0.29) is 25.3 Å². The molecule has 1 atom stereocenters. The Balaban J connectivity index is 1.96. The third-order valence-electron chi connectivity index (χ3n) is 3.25. The van der Waals surface area contributed by atoms with E-state index in [4.69, 9.17) is 0 Å². The van der Waals surface area contributed by atoms with Gasteiger partial charge in [0.1, 0.15) is 0 Å². The lowest BCUT2D eigenvalue weighted by Crippen LogP contribution is -2.42. The summed E-state index contributed by atoms with van der Waals surface area (Å²) in [6.07, 6.45) is -2.16. The zero-order chi connectivity index (χ0) is 14.8. The highest BCUT2D eigenvalue weighted by Gasteiger charge is 2.41. The minimum absolute atomic E-state index is 0.0388. The molecule has 0 saturated carbocycles. The van der Waals surface area contributed by atoms with Crippen LogP contribution < -0.4 is 0 Å². The summed E-state index contributed by atoms with van der Waals surface area (Å²) in [5, 5.41) is 7.32. The molecule has 6 nitrogen and oxygen atoms in total. The number of nitrogens with zero attached hydrogens (tertiary/aromatic N) is 4. The zero-order valence-electron chi connectivity index (χ0n) is 10.9. The highest BCUT2D eigenvalue weighted by molar-refractivity contribution is 5.86. The van der Waals surface area contributed by atoms with Crippen LogP contribution in [0.5, 0.6) is 0 Å². The van der Waals surface area contributed by atoms with Crippen molar-refractivity contribution >= 4 is 5.97 Å². The van der Waals surface area contributed by atoms with Gasteiger partial charge in [-0.15, -0.1) is 5.10 Å². The summed E-state index contributed by atoms with van der Waals surface area (Å²) < 4.78 is 43.9. The Labute approximate surface area is 113 Å². The third kappa shape index (κ3) is 3.47. The van der Waals surface area contributed by atoms with Crippen LogP contribution in [0.25, 0.3) is 0 Å². The van der Waals surface area contributed by atoms with Gasteiger partial charge in [0.25, 0.3) is 0 Å². The molecule has 1 unspecified atom stereocenters. The fourth-order valence-corrected chi connectivity index (χ4v) is 2.22. The Morgan fingerprint density at radius 2 is 2.30 bits per heavy atom. The number of rotatable bonds is 3. The lowest BCUT2D eigenvalue weighted by molar-refractivity contribution is -0.188. The number of aromatic nitrogens is 3. The second-order valence-corrected chi connectivity index (χ2v) is 4.73. The molecule has 0 bridgehead atoms. The first-order valence-electron chi connectivity index (χ1n) is 6.17. The molecule has 0 amide bonds. The predicted octanol–water partition coefficient (Wildman–Crippen LogP) is 1.30. The molecule has 2 rings (SSSR count). The summed E-state index contributed by atoms with van der Waals surface area (Å²) in [5.74, 6) is -1.93. The number of hydrogen-bond donors (Lipinski definition) is 0. The van der Waals surface area contributed by atoms with Crippen LogP contribution >= 0.6 is 0 Å². The van der Waals surface area contributed by atoms with Crippen LogP contribution in [0, 0.1) is 5.92 Å². The average molecular weight is 292 g/mol. The molecule has 1 aliphatic rings. The van der Waals surface area contributed by atoms with E-state index >= 15 is 0 Å². The van der Waals surface area contributed by atoms with Gasteiger partial charge in [0.05, 0.1) is 25.9 Å². The van der Waals surface area contributed by atoms with Crippen molar-refractivity contribution in [3.8, 4) is 0 Å². The monoisotopic (exact) mass is 292 g/mol. The van der Waals surface area contributed by atoms with Gasteiger partial charge in [-0.2, -0.15) is 13.2 Å². The average Bonchev–Trinajstić information content (AvgIpc) is 2.85. The van der Waals surface area contributed by atoms with Gasteiger partial charge in [0.15, 0.2) is 5.69 Å². The van der Waals surface area contributed by atoms with E-state index in [0.717, 1.165) is 0 Å². The third-order valence-corrected chi connectivity index (χ3v) is 3.25. The second-order valence-electron chi connectivity index (χ2n) is 4.73. The molecule has 1 aliphatic heterocycles. The summed E-state index contributed by atoms with van der Waals surface area (Å²) in [6, 6.07) is 0. The fourth-order valence-electron chi connectivity index (χ4n) is 2.22. The lowest BCUT2D eigenvalue weighted by Gasteiger charge is -2.33. The number of esters is 1. The van der Waals surface area contributed by atoms with Gasteiger partial charge in [-0.3, -0.25) is 4.90 Å². The molecule has 1 fully saturated rings. The van der Waals surface area contributed by atoms with Crippen molar-refractivity contribution in [3.63, 3.8) is 0 Å². The molecule has 1 aromatic heterocycles. The van der Waals surface area contributed by atoms with E-state index in [2.05, 4.69) is 15.0 Å². The number of alkyl halides is 3. The number of hydrogen-bond acceptors (Lipinski definition) is 5. The molecule has 0 N–H and O–H groups in total. The molecular weight excluding hydrogens is 277 g/mol.